The fourth-order valence-electron chi connectivity index (χ4n) is 1.26. The number of hydrogen-bond donors (Lipinski definition) is 1. The van der Waals surface area contributed by atoms with Gasteiger partial charge in [-0.05, 0) is 32.7 Å². The summed E-state index contributed by atoms with van der Waals surface area (Å²) in [4.78, 5) is 0. The van der Waals surface area contributed by atoms with Crippen molar-refractivity contribution in [2.45, 2.75) is 39.7 Å². The number of hydrogen-bond acceptors (Lipinski definition) is 1. The zero-order valence-electron chi connectivity index (χ0n) is 9.48. The summed E-state index contributed by atoms with van der Waals surface area (Å²) in [6, 6.07) is 0.440. The lowest BCUT2D eigenvalue weighted by Crippen LogP contribution is -2.26. The van der Waals surface area contributed by atoms with E-state index in [0.717, 1.165) is 12.8 Å². The van der Waals surface area contributed by atoms with Crippen LogP contribution in [0.25, 0.3) is 0 Å². The number of likely N-dealkylation sites (N-methyl/N-ethyl adjacent to an activating group) is 1. The van der Waals surface area contributed by atoms with Gasteiger partial charge < -0.3 is 5.32 Å². The van der Waals surface area contributed by atoms with Gasteiger partial charge >= 0.3 is 0 Å². The van der Waals surface area contributed by atoms with Crippen molar-refractivity contribution in [2.24, 2.45) is 5.92 Å². The Morgan fingerprint density at radius 3 is 2.15 bits per heavy atom. The van der Waals surface area contributed by atoms with Crippen molar-refractivity contribution >= 4 is 0 Å². The lowest BCUT2D eigenvalue weighted by Gasteiger charge is -2.17. The number of allylic oxidation sites excluding steroid dienone is 1. The highest BCUT2D eigenvalue weighted by molar-refractivity contribution is 5.05. The molecule has 1 nitrogen and oxygen atoms in total. The summed E-state index contributed by atoms with van der Waals surface area (Å²) in [5, 5.41) is 3.26. The predicted molar refractivity (Wildman–Crippen MR) is 60.9 cm³/mol. The van der Waals surface area contributed by atoms with Crippen molar-refractivity contribution in [3.05, 3.63) is 24.3 Å². The molecule has 0 amide bonds. The summed E-state index contributed by atoms with van der Waals surface area (Å²) in [7, 11) is 1.98. The van der Waals surface area contributed by atoms with E-state index in [1.165, 1.54) is 11.1 Å². The van der Waals surface area contributed by atoms with Crippen LogP contribution in [-0.4, -0.2) is 13.1 Å². The van der Waals surface area contributed by atoms with Crippen molar-refractivity contribution in [3.8, 4) is 0 Å². The smallest absolute Gasteiger partial charge is 0.0274 e. The zero-order chi connectivity index (χ0) is 10.4. The molecule has 0 heterocycles. The molecular formula is C12H23N. The Morgan fingerprint density at radius 2 is 1.85 bits per heavy atom. The van der Waals surface area contributed by atoms with Crippen LogP contribution in [0.2, 0.25) is 0 Å². The number of nitrogens with one attached hydrogen (secondary N) is 1. The van der Waals surface area contributed by atoms with Crippen LogP contribution in [0.3, 0.4) is 0 Å². The molecule has 0 spiro atoms. The highest BCUT2D eigenvalue weighted by Gasteiger charge is 2.08. The van der Waals surface area contributed by atoms with Gasteiger partial charge in [0.15, 0.2) is 0 Å². The molecule has 0 aromatic carbocycles. The molecule has 1 atom stereocenters. The average Bonchev–Trinajstić information content (AvgIpc) is 2.04. The summed E-state index contributed by atoms with van der Waals surface area (Å²) in [5.41, 5.74) is 2.54. The Morgan fingerprint density at radius 1 is 1.31 bits per heavy atom. The first-order chi connectivity index (χ1) is 5.99. The van der Waals surface area contributed by atoms with Gasteiger partial charge in [-0.2, -0.15) is 0 Å². The second kappa shape index (κ2) is 5.98. The molecule has 0 saturated heterocycles. The highest BCUT2D eigenvalue weighted by atomic mass is 14.9. The molecule has 0 saturated carbocycles. The molecule has 76 valence electrons. The van der Waals surface area contributed by atoms with Crippen molar-refractivity contribution in [2.75, 3.05) is 7.05 Å². The Hall–Kier alpha value is -0.560. The molecule has 0 rings (SSSR count). The lowest BCUT2D eigenvalue weighted by atomic mass is 9.96. The first kappa shape index (κ1) is 12.4. The van der Waals surface area contributed by atoms with Crippen molar-refractivity contribution in [1.82, 2.24) is 5.32 Å². The Bertz CT molecular complexity index is 180. The van der Waals surface area contributed by atoms with Gasteiger partial charge in [-0.15, -0.1) is 0 Å². The van der Waals surface area contributed by atoms with E-state index < -0.39 is 0 Å². The van der Waals surface area contributed by atoms with E-state index in [0.29, 0.717) is 12.0 Å². The standard InChI is InChI=1S/C12H23N/c1-9(2)11(5)7-8-12(13-6)10(3)4/h9,12-13H,3,5,7-8H2,1-2,4,6H3. The summed E-state index contributed by atoms with van der Waals surface area (Å²) in [5.74, 6) is 0.600. The largest absolute Gasteiger partial charge is 0.313 e. The van der Waals surface area contributed by atoms with Crippen LogP contribution >= 0.6 is 0 Å². The van der Waals surface area contributed by atoms with E-state index in [1.807, 2.05) is 7.05 Å². The van der Waals surface area contributed by atoms with Crippen molar-refractivity contribution < 1.29 is 0 Å². The van der Waals surface area contributed by atoms with E-state index >= 15 is 0 Å². The average molecular weight is 181 g/mol. The molecule has 0 aliphatic carbocycles. The molecule has 0 aliphatic heterocycles. The summed E-state index contributed by atoms with van der Waals surface area (Å²) < 4.78 is 0. The monoisotopic (exact) mass is 181 g/mol. The van der Waals surface area contributed by atoms with Gasteiger partial charge in [-0.25, -0.2) is 0 Å². The summed E-state index contributed by atoms with van der Waals surface area (Å²) in [6.45, 7) is 14.5. The fourth-order valence-corrected chi connectivity index (χ4v) is 1.26. The fraction of sp³-hybridized carbons (Fsp3) is 0.667. The minimum atomic E-state index is 0.440. The Kier molecular flexibility index (Phi) is 5.72. The molecule has 0 aromatic heterocycles. The van der Waals surface area contributed by atoms with Gasteiger partial charge in [0.25, 0.3) is 0 Å². The Balaban J connectivity index is 3.85. The summed E-state index contributed by atoms with van der Waals surface area (Å²) >= 11 is 0. The highest BCUT2D eigenvalue weighted by Crippen LogP contribution is 2.16. The van der Waals surface area contributed by atoms with E-state index in [9.17, 15) is 0 Å². The van der Waals surface area contributed by atoms with E-state index in [2.05, 4.69) is 39.2 Å². The Labute approximate surface area is 82.9 Å². The maximum Gasteiger partial charge on any atom is 0.0274 e. The molecule has 1 N–H and O–H groups in total. The minimum absolute atomic E-state index is 0.440. The van der Waals surface area contributed by atoms with Crippen LogP contribution in [-0.2, 0) is 0 Å². The first-order valence-electron chi connectivity index (χ1n) is 4.99. The van der Waals surface area contributed by atoms with Crippen LogP contribution in [0.5, 0.6) is 0 Å². The second-order valence-electron chi connectivity index (χ2n) is 4.04. The molecule has 0 bridgehead atoms. The van der Waals surface area contributed by atoms with Gasteiger partial charge in [-0.3, -0.25) is 0 Å². The van der Waals surface area contributed by atoms with Crippen LogP contribution in [0.15, 0.2) is 24.3 Å². The molecular weight excluding hydrogens is 158 g/mol. The van der Waals surface area contributed by atoms with Crippen molar-refractivity contribution in [1.29, 1.82) is 0 Å². The van der Waals surface area contributed by atoms with Crippen LogP contribution in [0.1, 0.15) is 33.6 Å². The van der Waals surface area contributed by atoms with Crippen molar-refractivity contribution in [3.63, 3.8) is 0 Å². The first-order valence-corrected chi connectivity index (χ1v) is 4.99. The third-order valence-electron chi connectivity index (χ3n) is 2.51. The molecule has 0 aromatic rings. The second-order valence-corrected chi connectivity index (χ2v) is 4.04. The minimum Gasteiger partial charge on any atom is -0.313 e. The maximum absolute atomic E-state index is 4.06. The van der Waals surface area contributed by atoms with Gasteiger partial charge in [0.2, 0.25) is 0 Å². The lowest BCUT2D eigenvalue weighted by molar-refractivity contribution is 0.567. The predicted octanol–water partition coefficient (Wildman–Crippen LogP) is 3.14. The van der Waals surface area contributed by atoms with Crippen LogP contribution < -0.4 is 5.32 Å². The molecule has 1 heteroatoms. The third kappa shape index (κ3) is 4.89. The van der Waals surface area contributed by atoms with Gasteiger partial charge in [0, 0.05) is 6.04 Å². The summed E-state index contributed by atoms with van der Waals surface area (Å²) in [6.07, 6.45) is 2.21. The maximum atomic E-state index is 4.06. The molecule has 1 unspecified atom stereocenters. The molecule has 13 heavy (non-hydrogen) atoms. The van der Waals surface area contributed by atoms with E-state index in [4.69, 9.17) is 0 Å². The van der Waals surface area contributed by atoms with Crippen LogP contribution in [0.4, 0.5) is 0 Å². The van der Waals surface area contributed by atoms with E-state index in [1.54, 1.807) is 0 Å². The van der Waals surface area contributed by atoms with E-state index in [-0.39, 0.29) is 0 Å². The topological polar surface area (TPSA) is 12.0 Å². The van der Waals surface area contributed by atoms with Gasteiger partial charge in [-0.1, -0.05) is 38.2 Å². The van der Waals surface area contributed by atoms with Gasteiger partial charge in [0.1, 0.15) is 0 Å². The molecule has 0 fully saturated rings. The number of rotatable bonds is 6. The normalized spacial score (nSPS) is 13.0. The SMILES string of the molecule is C=C(CCC(NC)C(=C)C)C(C)C. The molecule has 0 aliphatic rings. The van der Waals surface area contributed by atoms with Gasteiger partial charge in [0.05, 0.1) is 0 Å². The molecule has 0 radical (unpaired) electrons. The van der Waals surface area contributed by atoms with Crippen LogP contribution in [0, 0.1) is 5.92 Å². The zero-order valence-corrected chi connectivity index (χ0v) is 9.48. The third-order valence-corrected chi connectivity index (χ3v) is 2.51. The quantitative estimate of drug-likeness (QED) is 0.621.